The molecule has 1 rings (SSSR count). The normalized spacial score (nSPS) is 14.7. The van der Waals surface area contributed by atoms with Gasteiger partial charge in [0.2, 0.25) is 0 Å². The van der Waals surface area contributed by atoms with Crippen molar-refractivity contribution in [3.05, 3.63) is 34.3 Å². The number of hydrogen-bond acceptors (Lipinski definition) is 2. The Bertz CT molecular complexity index is 419. The van der Waals surface area contributed by atoms with Crippen LogP contribution < -0.4 is 5.32 Å². The Labute approximate surface area is 139 Å². The maximum Gasteiger partial charge on any atom is 0.0231 e. The second-order valence-electron chi connectivity index (χ2n) is 6.90. The van der Waals surface area contributed by atoms with Gasteiger partial charge in [0, 0.05) is 30.1 Å². The molecule has 0 aliphatic heterocycles. The third kappa shape index (κ3) is 7.44. The fourth-order valence-corrected chi connectivity index (χ4v) is 3.38. The van der Waals surface area contributed by atoms with Crippen LogP contribution in [0.5, 0.6) is 0 Å². The van der Waals surface area contributed by atoms with E-state index in [-0.39, 0.29) is 0 Å². The molecule has 0 saturated heterocycles. The Morgan fingerprint density at radius 3 is 2.62 bits per heavy atom. The summed E-state index contributed by atoms with van der Waals surface area (Å²) in [5.41, 5.74) is 1.70. The first kappa shape index (κ1) is 18.7. The monoisotopic (exact) mass is 354 g/mol. The van der Waals surface area contributed by atoms with E-state index in [0.717, 1.165) is 24.1 Å². The molecule has 0 amide bonds. The lowest BCUT2D eigenvalue weighted by atomic mass is 9.84. The molecule has 3 heteroatoms. The van der Waals surface area contributed by atoms with Crippen LogP contribution in [-0.2, 0) is 6.54 Å². The molecule has 1 aromatic carbocycles. The molecule has 0 aromatic heterocycles. The zero-order valence-corrected chi connectivity index (χ0v) is 15.8. The first-order chi connectivity index (χ1) is 9.84. The Morgan fingerprint density at radius 1 is 1.33 bits per heavy atom. The zero-order chi connectivity index (χ0) is 15.9. The summed E-state index contributed by atoms with van der Waals surface area (Å²) in [6.07, 6.45) is 2.50. The smallest absolute Gasteiger partial charge is 0.0231 e. The predicted octanol–water partition coefficient (Wildman–Crippen LogP) is 4.69. The fraction of sp³-hybridized carbons (Fsp3) is 0.667. The molecule has 0 saturated carbocycles. The average molecular weight is 355 g/mol. The van der Waals surface area contributed by atoms with Crippen LogP contribution in [0.3, 0.4) is 0 Å². The first-order valence-corrected chi connectivity index (χ1v) is 8.80. The van der Waals surface area contributed by atoms with Crippen molar-refractivity contribution in [1.29, 1.82) is 0 Å². The Morgan fingerprint density at radius 2 is 2.05 bits per heavy atom. The zero-order valence-electron chi connectivity index (χ0n) is 14.2. The van der Waals surface area contributed by atoms with Crippen LogP contribution in [0, 0.1) is 5.41 Å². The van der Waals surface area contributed by atoms with E-state index in [0.29, 0.717) is 11.5 Å². The van der Waals surface area contributed by atoms with E-state index in [9.17, 15) is 0 Å². The highest BCUT2D eigenvalue weighted by molar-refractivity contribution is 9.10. The van der Waals surface area contributed by atoms with Gasteiger partial charge in [-0.15, -0.1) is 0 Å². The lowest BCUT2D eigenvalue weighted by Crippen LogP contribution is -2.42. The Kier molecular flexibility index (Phi) is 7.93. The first-order valence-electron chi connectivity index (χ1n) is 8.01. The second kappa shape index (κ2) is 8.92. The minimum absolute atomic E-state index is 0.333. The number of nitrogens with one attached hydrogen (secondary N) is 1. The molecule has 120 valence electrons. The highest BCUT2D eigenvalue weighted by Crippen LogP contribution is 2.24. The number of benzene rings is 1. The fourth-order valence-electron chi connectivity index (χ4n) is 2.93. The highest BCUT2D eigenvalue weighted by atomic mass is 79.9. The predicted molar refractivity (Wildman–Crippen MR) is 96.6 cm³/mol. The molecule has 0 radical (unpaired) electrons. The molecule has 0 fully saturated rings. The molecule has 2 nitrogen and oxygen atoms in total. The van der Waals surface area contributed by atoms with Gasteiger partial charge in [-0.1, -0.05) is 62.2 Å². The van der Waals surface area contributed by atoms with Crippen LogP contribution in [0.15, 0.2) is 28.7 Å². The van der Waals surface area contributed by atoms with E-state index in [1.165, 1.54) is 18.4 Å². The number of nitrogens with zero attached hydrogens (tertiary/aromatic N) is 1. The van der Waals surface area contributed by atoms with Gasteiger partial charge in [-0.3, -0.25) is 0 Å². The molecule has 0 aliphatic carbocycles. The van der Waals surface area contributed by atoms with Gasteiger partial charge in [0.15, 0.2) is 0 Å². The minimum atomic E-state index is 0.333. The van der Waals surface area contributed by atoms with E-state index in [1.54, 1.807) is 0 Å². The van der Waals surface area contributed by atoms with Crippen molar-refractivity contribution < 1.29 is 0 Å². The van der Waals surface area contributed by atoms with Crippen LogP contribution in [0.4, 0.5) is 0 Å². The Hall–Kier alpha value is -0.380. The summed E-state index contributed by atoms with van der Waals surface area (Å²) in [5.74, 6) is 0. The topological polar surface area (TPSA) is 15.3 Å². The quantitative estimate of drug-likeness (QED) is 0.692. The molecule has 21 heavy (non-hydrogen) atoms. The molecular formula is C18H31BrN2. The molecule has 0 bridgehead atoms. The number of rotatable bonds is 9. The van der Waals surface area contributed by atoms with E-state index in [4.69, 9.17) is 0 Å². The summed E-state index contributed by atoms with van der Waals surface area (Å²) in [5, 5.41) is 3.62. The van der Waals surface area contributed by atoms with Crippen LogP contribution in [-0.4, -0.2) is 31.1 Å². The summed E-state index contributed by atoms with van der Waals surface area (Å²) in [6.45, 7) is 12.3. The SMILES string of the molecule is CCCC(C)(CNC(C)C)CN(C)Cc1cccc(Br)c1. The standard InChI is InChI=1S/C18H31BrN2/c1-6-10-18(4,13-20-15(2)3)14-21(5)12-16-8-7-9-17(19)11-16/h7-9,11,15,20H,6,10,12-14H2,1-5H3. The number of hydrogen-bond donors (Lipinski definition) is 1. The molecule has 1 unspecified atom stereocenters. The molecule has 1 aromatic rings. The Balaban J connectivity index is 2.60. The number of halogens is 1. The van der Waals surface area contributed by atoms with E-state index >= 15 is 0 Å². The minimum Gasteiger partial charge on any atom is -0.314 e. The van der Waals surface area contributed by atoms with E-state index in [2.05, 4.69) is 85.2 Å². The van der Waals surface area contributed by atoms with Gasteiger partial charge in [-0.2, -0.15) is 0 Å². The lowest BCUT2D eigenvalue weighted by Gasteiger charge is -2.35. The van der Waals surface area contributed by atoms with Crippen LogP contribution in [0.1, 0.15) is 46.1 Å². The summed E-state index contributed by atoms with van der Waals surface area (Å²) in [6, 6.07) is 9.15. The van der Waals surface area contributed by atoms with Gasteiger partial charge in [0.25, 0.3) is 0 Å². The summed E-state index contributed by atoms with van der Waals surface area (Å²) in [4.78, 5) is 2.44. The maximum absolute atomic E-state index is 3.62. The van der Waals surface area contributed by atoms with Gasteiger partial charge in [-0.05, 0) is 36.6 Å². The van der Waals surface area contributed by atoms with Crippen molar-refractivity contribution in [2.24, 2.45) is 5.41 Å². The van der Waals surface area contributed by atoms with Crippen molar-refractivity contribution in [3.8, 4) is 0 Å². The molecular weight excluding hydrogens is 324 g/mol. The lowest BCUT2D eigenvalue weighted by molar-refractivity contribution is 0.165. The third-order valence-corrected chi connectivity index (χ3v) is 4.28. The second-order valence-corrected chi connectivity index (χ2v) is 7.81. The van der Waals surface area contributed by atoms with E-state index in [1.807, 2.05) is 0 Å². The highest BCUT2D eigenvalue weighted by Gasteiger charge is 2.25. The average Bonchev–Trinajstić information content (AvgIpc) is 2.36. The summed E-state index contributed by atoms with van der Waals surface area (Å²) in [7, 11) is 2.23. The molecule has 0 heterocycles. The summed E-state index contributed by atoms with van der Waals surface area (Å²) >= 11 is 3.55. The van der Waals surface area contributed by atoms with Gasteiger partial charge < -0.3 is 10.2 Å². The largest absolute Gasteiger partial charge is 0.314 e. The van der Waals surface area contributed by atoms with Gasteiger partial charge in [0.05, 0.1) is 0 Å². The maximum atomic E-state index is 3.62. The van der Waals surface area contributed by atoms with Crippen LogP contribution in [0.2, 0.25) is 0 Å². The molecule has 1 N–H and O–H groups in total. The van der Waals surface area contributed by atoms with Crippen molar-refractivity contribution >= 4 is 15.9 Å². The van der Waals surface area contributed by atoms with Crippen molar-refractivity contribution in [2.45, 2.75) is 53.1 Å². The van der Waals surface area contributed by atoms with Crippen molar-refractivity contribution in [2.75, 3.05) is 20.1 Å². The van der Waals surface area contributed by atoms with Gasteiger partial charge in [-0.25, -0.2) is 0 Å². The van der Waals surface area contributed by atoms with Crippen LogP contribution >= 0.6 is 15.9 Å². The molecule has 1 atom stereocenters. The molecule has 0 aliphatic rings. The van der Waals surface area contributed by atoms with Gasteiger partial charge >= 0.3 is 0 Å². The van der Waals surface area contributed by atoms with E-state index < -0.39 is 0 Å². The molecule has 0 spiro atoms. The summed E-state index contributed by atoms with van der Waals surface area (Å²) < 4.78 is 1.16. The van der Waals surface area contributed by atoms with Gasteiger partial charge in [0.1, 0.15) is 0 Å². The van der Waals surface area contributed by atoms with Crippen molar-refractivity contribution in [1.82, 2.24) is 10.2 Å². The van der Waals surface area contributed by atoms with Crippen molar-refractivity contribution in [3.63, 3.8) is 0 Å². The third-order valence-electron chi connectivity index (χ3n) is 3.78. The van der Waals surface area contributed by atoms with Crippen LogP contribution in [0.25, 0.3) is 0 Å².